The van der Waals surface area contributed by atoms with Gasteiger partial charge in [0.25, 0.3) is 0 Å². The Morgan fingerprint density at radius 2 is 1.89 bits per heavy atom. The molecule has 0 aliphatic carbocycles. The Balaban J connectivity index is 1.94. The maximum absolute atomic E-state index is 14.4. The Morgan fingerprint density at radius 1 is 1.11 bits per heavy atom. The van der Waals surface area contributed by atoms with E-state index in [0.29, 0.717) is 30.0 Å². The molecule has 0 aliphatic rings. The summed E-state index contributed by atoms with van der Waals surface area (Å²) in [6.07, 6.45) is 2.91. The number of pyridine rings is 1. The number of halogens is 2. The quantitative estimate of drug-likeness (QED) is 0.372. The Kier molecular flexibility index (Phi) is 6.49. The Hall–Kier alpha value is -2.79. The van der Waals surface area contributed by atoms with Crippen molar-refractivity contribution in [1.29, 1.82) is 0 Å². The van der Waals surface area contributed by atoms with E-state index in [1.54, 1.807) is 24.4 Å². The third-order valence-electron chi connectivity index (χ3n) is 4.14. The number of nitrogens with zero attached hydrogens (tertiary/aromatic N) is 2. The van der Waals surface area contributed by atoms with Crippen LogP contribution >= 0.6 is 11.6 Å². The minimum atomic E-state index is -0.385. The topological polar surface area (TPSA) is 54.4 Å². The summed E-state index contributed by atoms with van der Waals surface area (Å²) < 4.78 is 14.4. The molecule has 0 saturated heterocycles. The van der Waals surface area contributed by atoms with Crippen molar-refractivity contribution in [3.8, 4) is 0 Å². The van der Waals surface area contributed by atoms with E-state index in [0.717, 1.165) is 16.5 Å². The second kappa shape index (κ2) is 9.24. The van der Waals surface area contributed by atoms with Crippen LogP contribution in [0.25, 0.3) is 10.9 Å². The lowest BCUT2D eigenvalue weighted by molar-refractivity contribution is -0.121. The number of para-hydroxylation sites is 1. The highest BCUT2D eigenvalue weighted by atomic mass is 35.5. The molecule has 2 aromatic carbocycles. The molecule has 1 heterocycles. The normalized spacial score (nSPS) is 11.6. The molecule has 27 heavy (non-hydrogen) atoms. The van der Waals surface area contributed by atoms with E-state index in [-0.39, 0.29) is 18.1 Å². The van der Waals surface area contributed by atoms with Gasteiger partial charge in [0.2, 0.25) is 5.91 Å². The monoisotopic (exact) mass is 383 g/mol. The maximum Gasteiger partial charge on any atom is 0.240 e. The first kappa shape index (κ1) is 19.0. The van der Waals surface area contributed by atoms with Crippen LogP contribution in [-0.4, -0.2) is 22.5 Å². The van der Waals surface area contributed by atoms with Crippen molar-refractivity contribution in [3.63, 3.8) is 0 Å². The largest absolute Gasteiger partial charge is 0.273 e. The van der Waals surface area contributed by atoms with E-state index in [1.807, 2.05) is 30.3 Å². The number of fused-ring (bicyclic) bond motifs is 1. The van der Waals surface area contributed by atoms with Gasteiger partial charge in [-0.1, -0.05) is 36.4 Å². The predicted octanol–water partition coefficient (Wildman–Crippen LogP) is 4.46. The van der Waals surface area contributed by atoms with Crippen molar-refractivity contribution in [2.75, 3.05) is 5.88 Å². The summed E-state index contributed by atoms with van der Waals surface area (Å²) in [5.41, 5.74) is 5.14. The van der Waals surface area contributed by atoms with Crippen molar-refractivity contribution in [2.45, 2.75) is 19.3 Å². The molecule has 0 fully saturated rings. The van der Waals surface area contributed by atoms with Crippen molar-refractivity contribution >= 4 is 34.1 Å². The Morgan fingerprint density at radius 3 is 2.70 bits per heavy atom. The molecule has 0 saturated carbocycles. The third kappa shape index (κ3) is 4.89. The van der Waals surface area contributed by atoms with Crippen LogP contribution in [0.4, 0.5) is 4.39 Å². The molecule has 0 unspecified atom stereocenters. The second-order valence-electron chi connectivity index (χ2n) is 6.03. The fourth-order valence-electron chi connectivity index (χ4n) is 2.79. The van der Waals surface area contributed by atoms with Gasteiger partial charge in [-0.05, 0) is 30.2 Å². The molecule has 0 radical (unpaired) electrons. The lowest BCUT2D eigenvalue weighted by Gasteiger charge is -2.11. The summed E-state index contributed by atoms with van der Waals surface area (Å²) in [7, 11) is 0. The van der Waals surface area contributed by atoms with Crippen LogP contribution in [0.3, 0.4) is 0 Å². The number of amides is 1. The minimum Gasteiger partial charge on any atom is -0.273 e. The van der Waals surface area contributed by atoms with Crippen LogP contribution in [-0.2, 0) is 11.2 Å². The average Bonchev–Trinajstić information content (AvgIpc) is 2.70. The number of carbonyl (C=O) groups is 1. The lowest BCUT2D eigenvalue weighted by Crippen LogP contribution is -2.21. The van der Waals surface area contributed by atoms with Gasteiger partial charge in [0.05, 0.1) is 11.2 Å². The summed E-state index contributed by atoms with van der Waals surface area (Å²) in [4.78, 5) is 16.3. The van der Waals surface area contributed by atoms with Crippen molar-refractivity contribution in [1.82, 2.24) is 10.4 Å². The maximum atomic E-state index is 14.4. The zero-order chi connectivity index (χ0) is 19.1. The van der Waals surface area contributed by atoms with Crippen molar-refractivity contribution in [3.05, 3.63) is 77.7 Å². The molecule has 0 spiro atoms. The molecule has 1 N–H and O–H groups in total. The van der Waals surface area contributed by atoms with Gasteiger partial charge < -0.3 is 0 Å². The van der Waals surface area contributed by atoms with E-state index in [9.17, 15) is 9.18 Å². The number of hydrazone groups is 1. The number of hydrogen-bond acceptors (Lipinski definition) is 3. The molecule has 4 nitrogen and oxygen atoms in total. The number of aromatic nitrogens is 1. The van der Waals surface area contributed by atoms with Crippen LogP contribution in [0, 0.1) is 5.82 Å². The summed E-state index contributed by atoms with van der Waals surface area (Å²) in [6, 6.07) is 16.0. The van der Waals surface area contributed by atoms with Gasteiger partial charge in [-0.25, -0.2) is 9.82 Å². The first-order chi connectivity index (χ1) is 13.2. The molecule has 0 atom stereocenters. The number of nitrogens with one attached hydrogen (secondary N) is 1. The second-order valence-corrected chi connectivity index (χ2v) is 6.41. The van der Waals surface area contributed by atoms with E-state index < -0.39 is 0 Å². The molecule has 1 aromatic heterocycles. The van der Waals surface area contributed by atoms with E-state index in [2.05, 4.69) is 15.5 Å². The summed E-state index contributed by atoms with van der Waals surface area (Å²) >= 11 is 5.62. The highest BCUT2D eigenvalue weighted by Gasteiger charge is 2.13. The van der Waals surface area contributed by atoms with Crippen molar-refractivity contribution < 1.29 is 9.18 Å². The Bertz CT molecular complexity index is 969. The van der Waals surface area contributed by atoms with Gasteiger partial charge in [-0.3, -0.25) is 9.78 Å². The summed E-state index contributed by atoms with van der Waals surface area (Å²) in [5, 5.41) is 5.19. The molecular formula is C21H19ClFN3O. The van der Waals surface area contributed by atoms with E-state index >= 15 is 0 Å². The van der Waals surface area contributed by atoms with Gasteiger partial charge in [-0.15, -0.1) is 11.6 Å². The zero-order valence-electron chi connectivity index (χ0n) is 14.7. The lowest BCUT2D eigenvalue weighted by atomic mass is 9.99. The highest BCUT2D eigenvalue weighted by molar-refractivity contribution is 6.17. The Labute approximate surface area is 162 Å². The fraction of sp³-hybridized carbons (Fsp3) is 0.190. The van der Waals surface area contributed by atoms with Gasteiger partial charge in [0, 0.05) is 35.9 Å². The standard InChI is InChI=1S/C21H19ClFN3O/c22-12-5-10-21(27)26-25-20(17-7-1-3-8-18(17)23)14-15-11-13-24-19-9-4-2-6-16(15)19/h1-4,6-9,11,13H,5,10,12,14H2,(H,26,27). The van der Waals surface area contributed by atoms with Crippen LogP contribution in [0.15, 0.2) is 65.9 Å². The molecule has 0 bridgehead atoms. The molecule has 3 rings (SSSR count). The van der Waals surface area contributed by atoms with Crippen LogP contribution in [0.1, 0.15) is 24.0 Å². The molecule has 138 valence electrons. The van der Waals surface area contributed by atoms with Crippen molar-refractivity contribution in [2.24, 2.45) is 5.10 Å². The summed E-state index contributed by atoms with van der Waals surface area (Å²) in [5.74, 6) is -0.228. The molecule has 6 heteroatoms. The first-order valence-corrected chi connectivity index (χ1v) is 9.21. The molecular weight excluding hydrogens is 365 g/mol. The van der Waals surface area contributed by atoms with Gasteiger partial charge in [0.1, 0.15) is 5.82 Å². The fourth-order valence-corrected chi connectivity index (χ4v) is 2.93. The third-order valence-corrected chi connectivity index (χ3v) is 4.40. The average molecular weight is 384 g/mol. The summed E-state index contributed by atoms with van der Waals surface area (Å²) in [6.45, 7) is 0. The van der Waals surface area contributed by atoms with Crippen LogP contribution in [0.2, 0.25) is 0 Å². The zero-order valence-corrected chi connectivity index (χ0v) is 15.4. The number of hydrogen-bond donors (Lipinski definition) is 1. The molecule has 0 aliphatic heterocycles. The van der Waals surface area contributed by atoms with Gasteiger partial charge in [0.15, 0.2) is 0 Å². The van der Waals surface area contributed by atoms with E-state index in [4.69, 9.17) is 11.6 Å². The van der Waals surface area contributed by atoms with Gasteiger partial charge >= 0.3 is 0 Å². The minimum absolute atomic E-state index is 0.246. The van der Waals surface area contributed by atoms with Crippen LogP contribution < -0.4 is 5.43 Å². The highest BCUT2D eigenvalue weighted by Crippen LogP contribution is 2.19. The number of benzene rings is 2. The number of rotatable bonds is 7. The molecule has 1 amide bonds. The smallest absolute Gasteiger partial charge is 0.240 e. The SMILES string of the molecule is O=C(CCCCl)NN=C(Cc1ccnc2ccccc12)c1ccccc1F. The van der Waals surface area contributed by atoms with Gasteiger partial charge in [-0.2, -0.15) is 5.10 Å². The number of alkyl halides is 1. The van der Waals surface area contributed by atoms with Crippen LogP contribution in [0.5, 0.6) is 0 Å². The first-order valence-electron chi connectivity index (χ1n) is 8.68. The predicted molar refractivity (Wildman–Crippen MR) is 106 cm³/mol. The molecule has 3 aromatic rings. The van der Waals surface area contributed by atoms with E-state index in [1.165, 1.54) is 6.07 Å². The number of carbonyl (C=O) groups excluding carboxylic acids is 1.